The number of para-hydroxylation sites is 1. The maximum absolute atomic E-state index is 13.0. The van der Waals surface area contributed by atoms with Crippen LogP contribution in [0.25, 0.3) is 10.9 Å². The van der Waals surface area contributed by atoms with Gasteiger partial charge in [-0.15, -0.1) is 0 Å². The largest absolute Gasteiger partial charge is 0.444 e. The van der Waals surface area contributed by atoms with Crippen LogP contribution in [-0.2, 0) is 16.0 Å². The molecule has 2 fully saturated rings. The van der Waals surface area contributed by atoms with E-state index in [0.29, 0.717) is 0 Å². The summed E-state index contributed by atoms with van der Waals surface area (Å²) in [6, 6.07) is 8.21. The molecule has 2 amide bonds. The Labute approximate surface area is 165 Å². The van der Waals surface area contributed by atoms with Gasteiger partial charge in [-0.1, -0.05) is 18.2 Å². The van der Waals surface area contributed by atoms with Gasteiger partial charge in [0.25, 0.3) is 0 Å². The number of benzene rings is 1. The Bertz CT molecular complexity index is 883. The van der Waals surface area contributed by atoms with Crippen LogP contribution in [0.2, 0.25) is 0 Å². The first-order valence-corrected chi connectivity index (χ1v) is 10.2. The van der Waals surface area contributed by atoms with Crippen molar-refractivity contribution in [1.82, 2.24) is 15.2 Å². The van der Waals surface area contributed by atoms with E-state index in [4.69, 9.17) is 4.74 Å². The van der Waals surface area contributed by atoms with Crippen molar-refractivity contribution >= 4 is 22.9 Å². The summed E-state index contributed by atoms with van der Waals surface area (Å²) in [6.45, 7) is 6.35. The van der Waals surface area contributed by atoms with Crippen molar-refractivity contribution in [2.75, 3.05) is 6.54 Å². The number of amides is 2. The highest BCUT2D eigenvalue weighted by Gasteiger charge is 2.45. The summed E-state index contributed by atoms with van der Waals surface area (Å²) in [7, 11) is 0. The summed E-state index contributed by atoms with van der Waals surface area (Å²) in [5, 5.41) is 4.20. The highest BCUT2D eigenvalue weighted by atomic mass is 16.6. The van der Waals surface area contributed by atoms with Gasteiger partial charge >= 0.3 is 6.09 Å². The zero-order valence-electron chi connectivity index (χ0n) is 16.8. The number of nitrogens with one attached hydrogen (secondary N) is 2. The van der Waals surface area contributed by atoms with Crippen molar-refractivity contribution in [3.63, 3.8) is 0 Å². The maximum atomic E-state index is 13.0. The first-order valence-electron chi connectivity index (χ1n) is 10.2. The molecule has 28 heavy (non-hydrogen) atoms. The third kappa shape index (κ3) is 3.73. The van der Waals surface area contributed by atoms with Crippen molar-refractivity contribution in [3.05, 3.63) is 36.0 Å². The number of carbonyl (C=O) groups is 2. The van der Waals surface area contributed by atoms with Crippen LogP contribution in [0, 0.1) is 5.92 Å². The van der Waals surface area contributed by atoms with Gasteiger partial charge in [-0.05, 0) is 58.1 Å². The molecule has 0 aliphatic carbocycles. The maximum Gasteiger partial charge on any atom is 0.407 e. The van der Waals surface area contributed by atoms with Crippen LogP contribution in [0.1, 0.15) is 45.6 Å². The Hall–Kier alpha value is -2.50. The minimum absolute atomic E-state index is 0.0368. The van der Waals surface area contributed by atoms with E-state index in [1.165, 1.54) is 10.9 Å². The smallest absolute Gasteiger partial charge is 0.407 e. The minimum atomic E-state index is -0.526. The van der Waals surface area contributed by atoms with Gasteiger partial charge in [0.1, 0.15) is 5.60 Å². The number of rotatable bonds is 3. The topological polar surface area (TPSA) is 74.4 Å². The average Bonchev–Trinajstić information content (AvgIpc) is 3.17. The lowest BCUT2D eigenvalue weighted by molar-refractivity contribution is -0.133. The lowest BCUT2D eigenvalue weighted by atomic mass is 9.91. The SMILES string of the molecule is CC(C)(C)OC(=O)N[C@H]1CCCN2C(=O)C(Cc3c[nH]c4ccccc34)C[C@H]12. The number of hydrogen-bond acceptors (Lipinski definition) is 3. The predicted octanol–water partition coefficient (Wildman–Crippen LogP) is 3.61. The monoisotopic (exact) mass is 383 g/mol. The summed E-state index contributed by atoms with van der Waals surface area (Å²) in [4.78, 5) is 30.5. The van der Waals surface area contributed by atoms with E-state index in [9.17, 15) is 9.59 Å². The molecule has 0 spiro atoms. The molecule has 3 atom stereocenters. The summed E-state index contributed by atoms with van der Waals surface area (Å²) >= 11 is 0. The van der Waals surface area contributed by atoms with E-state index in [1.807, 2.05) is 44.0 Å². The minimum Gasteiger partial charge on any atom is -0.444 e. The van der Waals surface area contributed by atoms with E-state index in [1.54, 1.807) is 0 Å². The number of alkyl carbamates (subject to hydrolysis) is 1. The van der Waals surface area contributed by atoms with Crippen LogP contribution in [0.15, 0.2) is 30.5 Å². The van der Waals surface area contributed by atoms with E-state index < -0.39 is 11.7 Å². The molecular formula is C22H29N3O3. The molecule has 1 aromatic carbocycles. The number of nitrogens with zero attached hydrogens (tertiary/aromatic N) is 1. The summed E-state index contributed by atoms with van der Waals surface area (Å²) in [6.07, 6.45) is 4.92. The van der Waals surface area contributed by atoms with Gasteiger partial charge in [-0.3, -0.25) is 4.79 Å². The number of ether oxygens (including phenoxy) is 1. The molecule has 0 bridgehead atoms. The van der Waals surface area contributed by atoms with Crippen LogP contribution in [-0.4, -0.2) is 46.1 Å². The van der Waals surface area contributed by atoms with Crippen LogP contribution in [0.3, 0.4) is 0 Å². The number of hydrogen-bond donors (Lipinski definition) is 2. The number of H-pyrrole nitrogens is 1. The third-order valence-corrected chi connectivity index (χ3v) is 5.78. The first-order chi connectivity index (χ1) is 13.3. The van der Waals surface area contributed by atoms with Gasteiger partial charge in [0, 0.05) is 29.6 Å². The van der Waals surface area contributed by atoms with Crippen molar-refractivity contribution in [1.29, 1.82) is 0 Å². The fourth-order valence-electron chi connectivity index (χ4n) is 4.61. The van der Waals surface area contributed by atoms with Gasteiger partial charge in [-0.25, -0.2) is 4.79 Å². The molecule has 0 saturated carbocycles. The molecule has 2 saturated heterocycles. The van der Waals surface area contributed by atoms with Gasteiger partial charge in [-0.2, -0.15) is 0 Å². The summed E-state index contributed by atoms with van der Waals surface area (Å²) in [5.41, 5.74) is 1.76. The lowest BCUT2D eigenvalue weighted by Crippen LogP contribution is -2.54. The quantitative estimate of drug-likeness (QED) is 0.850. The molecule has 2 aliphatic rings. The molecule has 4 rings (SSSR count). The molecule has 150 valence electrons. The number of piperidine rings is 1. The van der Waals surface area contributed by atoms with E-state index in [0.717, 1.165) is 37.7 Å². The Morgan fingerprint density at radius 2 is 2.11 bits per heavy atom. The molecule has 6 heteroatoms. The molecule has 3 heterocycles. The molecule has 2 aliphatic heterocycles. The second-order valence-corrected chi connectivity index (χ2v) is 8.99. The fourth-order valence-corrected chi connectivity index (χ4v) is 4.61. The van der Waals surface area contributed by atoms with Crippen LogP contribution < -0.4 is 5.32 Å². The van der Waals surface area contributed by atoms with Crippen LogP contribution in [0.5, 0.6) is 0 Å². The number of fused-ring (bicyclic) bond motifs is 2. The lowest BCUT2D eigenvalue weighted by Gasteiger charge is -2.37. The highest BCUT2D eigenvalue weighted by Crippen LogP contribution is 2.35. The summed E-state index contributed by atoms with van der Waals surface area (Å²) in [5.74, 6) is 0.177. The van der Waals surface area contributed by atoms with E-state index >= 15 is 0 Å². The molecule has 2 N–H and O–H groups in total. The van der Waals surface area contributed by atoms with Crippen molar-refractivity contribution in [3.8, 4) is 0 Å². The zero-order chi connectivity index (χ0) is 19.9. The van der Waals surface area contributed by atoms with Crippen LogP contribution >= 0.6 is 0 Å². The zero-order valence-corrected chi connectivity index (χ0v) is 16.8. The van der Waals surface area contributed by atoms with Crippen molar-refractivity contribution in [2.24, 2.45) is 5.92 Å². The molecule has 2 aromatic rings. The standard InChI is InChI=1S/C22H29N3O3/c1-22(2,3)28-21(27)24-18-9-6-10-25-19(18)12-14(20(25)26)11-15-13-23-17-8-5-4-7-16(15)17/h4-5,7-8,13-14,18-19,23H,6,9-12H2,1-3H3,(H,24,27)/t14?,18-,19+/m0/s1. The van der Waals surface area contributed by atoms with Gasteiger partial charge < -0.3 is 19.9 Å². The van der Waals surface area contributed by atoms with Gasteiger partial charge in [0.2, 0.25) is 5.91 Å². The highest BCUT2D eigenvalue weighted by molar-refractivity contribution is 5.86. The second-order valence-electron chi connectivity index (χ2n) is 8.99. The number of aromatic amines is 1. The Morgan fingerprint density at radius 1 is 1.32 bits per heavy atom. The fraction of sp³-hybridized carbons (Fsp3) is 0.545. The molecule has 1 aromatic heterocycles. The third-order valence-electron chi connectivity index (χ3n) is 5.78. The molecule has 6 nitrogen and oxygen atoms in total. The summed E-state index contributed by atoms with van der Waals surface area (Å²) < 4.78 is 5.42. The van der Waals surface area contributed by atoms with Crippen molar-refractivity contribution < 1.29 is 14.3 Å². The Balaban J connectivity index is 1.46. The van der Waals surface area contributed by atoms with Gasteiger partial charge in [0.05, 0.1) is 12.1 Å². The van der Waals surface area contributed by atoms with Crippen molar-refractivity contribution in [2.45, 2.75) is 64.1 Å². The van der Waals surface area contributed by atoms with E-state index in [-0.39, 0.29) is 23.9 Å². The van der Waals surface area contributed by atoms with E-state index in [2.05, 4.69) is 22.4 Å². The second kappa shape index (κ2) is 7.15. The normalized spacial score (nSPS) is 25.0. The number of carbonyl (C=O) groups excluding carboxylic acids is 2. The predicted molar refractivity (Wildman–Crippen MR) is 108 cm³/mol. The molecular weight excluding hydrogens is 354 g/mol. The number of aromatic nitrogens is 1. The Morgan fingerprint density at radius 3 is 2.89 bits per heavy atom. The molecule has 1 unspecified atom stereocenters. The average molecular weight is 383 g/mol. The Kier molecular flexibility index (Phi) is 4.81. The van der Waals surface area contributed by atoms with Crippen LogP contribution in [0.4, 0.5) is 4.79 Å². The first kappa shape index (κ1) is 18.8. The van der Waals surface area contributed by atoms with Gasteiger partial charge in [0.15, 0.2) is 0 Å². The molecule has 0 radical (unpaired) electrons.